The minimum atomic E-state index is -0.271. The minimum Gasteiger partial charge on any atom is -0.385 e. The first-order valence-corrected chi connectivity index (χ1v) is 5.98. The van der Waals surface area contributed by atoms with Gasteiger partial charge in [0.25, 0.3) is 0 Å². The molecule has 0 atom stereocenters. The molecule has 0 fully saturated rings. The number of halogens is 1. The van der Waals surface area contributed by atoms with Crippen LogP contribution >= 0.6 is 0 Å². The Morgan fingerprint density at radius 1 is 1.11 bits per heavy atom. The van der Waals surface area contributed by atoms with Gasteiger partial charge in [-0.2, -0.15) is 0 Å². The maximum Gasteiger partial charge on any atom is 0.123 e. The minimum absolute atomic E-state index is 0.271. The van der Waals surface area contributed by atoms with Crippen LogP contribution in [0.3, 0.4) is 0 Å². The molecule has 2 N–H and O–H groups in total. The van der Waals surface area contributed by atoms with Crippen molar-refractivity contribution < 1.29 is 4.39 Å². The lowest BCUT2D eigenvalue weighted by Crippen LogP contribution is -2.09. The zero-order chi connectivity index (χ0) is 13.8. The van der Waals surface area contributed by atoms with Gasteiger partial charge in [-0.15, -0.1) is 0 Å². The van der Waals surface area contributed by atoms with Gasteiger partial charge in [0.2, 0.25) is 0 Å². The van der Waals surface area contributed by atoms with Crippen molar-refractivity contribution in [1.29, 1.82) is 0 Å². The maximum absolute atomic E-state index is 12.7. The third kappa shape index (κ3) is 3.10. The van der Waals surface area contributed by atoms with Crippen LogP contribution in [0.4, 0.5) is 10.1 Å². The van der Waals surface area contributed by atoms with Crippen LogP contribution in [0.5, 0.6) is 0 Å². The molecule has 19 heavy (non-hydrogen) atoms. The highest BCUT2D eigenvalue weighted by Crippen LogP contribution is 2.13. The quantitative estimate of drug-likeness (QED) is 0.841. The zero-order valence-electron chi connectivity index (χ0n) is 11.0. The molecule has 0 amide bonds. The normalized spacial score (nSPS) is 12.3. The van der Waals surface area contributed by atoms with E-state index < -0.39 is 0 Å². The summed E-state index contributed by atoms with van der Waals surface area (Å²) in [5.41, 5.74) is 8.83. The van der Waals surface area contributed by atoms with E-state index in [4.69, 9.17) is 5.73 Å². The molecule has 98 valence electrons. The highest BCUT2D eigenvalue weighted by molar-refractivity contribution is 5.80. The lowest BCUT2D eigenvalue weighted by atomic mass is 10.3. The smallest absolute Gasteiger partial charge is 0.123 e. The Labute approximate surface area is 111 Å². The van der Waals surface area contributed by atoms with Crippen molar-refractivity contribution in [3.63, 3.8) is 0 Å². The number of aliphatic imine (C=N–C) groups is 1. The van der Waals surface area contributed by atoms with E-state index in [-0.39, 0.29) is 5.82 Å². The molecule has 0 unspecified atom stereocenters. The third-order valence-electron chi connectivity index (χ3n) is 2.82. The van der Waals surface area contributed by atoms with Crippen molar-refractivity contribution in [1.82, 2.24) is 4.57 Å². The molecule has 2 rings (SSSR count). The summed E-state index contributed by atoms with van der Waals surface area (Å²) in [6.45, 7) is 3.98. The lowest BCUT2D eigenvalue weighted by molar-refractivity contribution is 0.628. The summed E-state index contributed by atoms with van der Waals surface area (Å²) in [7, 11) is 0. The third-order valence-corrected chi connectivity index (χ3v) is 2.82. The van der Waals surface area contributed by atoms with Gasteiger partial charge in [0.1, 0.15) is 11.6 Å². The van der Waals surface area contributed by atoms with Crippen molar-refractivity contribution in [2.75, 3.05) is 0 Å². The van der Waals surface area contributed by atoms with Crippen molar-refractivity contribution in [2.24, 2.45) is 10.7 Å². The molecule has 0 aliphatic rings. The molecule has 2 aromatic rings. The monoisotopic (exact) mass is 257 g/mol. The van der Waals surface area contributed by atoms with Gasteiger partial charge < -0.3 is 10.3 Å². The maximum atomic E-state index is 12.7. The van der Waals surface area contributed by atoms with E-state index in [9.17, 15) is 4.39 Å². The van der Waals surface area contributed by atoms with Gasteiger partial charge in [0.05, 0.1) is 5.69 Å². The molecule has 0 radical (unpaired) electrons. The van der Waals surface area contributed by atoms with Crippen LogP contribution in [0.15, 0.2) is 47.5 Å². The van der Waals surface area contributed by atoms with Crippen LogP contribution in [-0.4, -0.2) is 10.8 Å². The number of rotatable bonds is 3. The lowest BCUT2D eigenvalue weighted by Gasteiger charge is -2.07. The van der Waals surface area contributed by atoms with E-state index in [2.05, 4.69) is 4.99 Å². The van der Waals surface area contributed by atoms with Crippen LogP contribution in [0.1, 0.15) is 11.4 Å². The van der Waals surface area contributed by atoms with Crippen molar-refractivity contribution >= 4 is 17.7 Å². The molecule has 0 aliphatic heterocycles. The van der Waals surface area contributed by atoms with Crippen LogP contribution in [-0.2, 0) is 0 Å². The summed E-state index contributed by atoms with van der Waals surface area (Å²) in [5, 5.41) is 0. The zero-order valence-corrected chi connectivity index (χ0v) is 11.0. The Bertz CT molecular complexity index is 602. The molecule has 4 heteroatoms. The standard InChI is InChI=1S/C15H16FN3/c1-11-3-4-12(2)19(11)15(17)9-10-18-14-7-5-13(16)6-8-14/h3-10H,17H2,1-2H3. The summed E-state index contributed by atoms with van der Waals surface area (Å²) in [5.74, 6) is 0.332. The molecule has 0 aliphatic carbocycles. The van der Waals surface area contributed by atoms with E-state index in [0.717, 1.165) is 11.4 Å². The summed E-state index contributed by atoms with van der Waals surface area (Å²) in [6.07, 6.45) is 3.34. The summed E-state index contributed by atoms with van der Waals surface area (Å²) < 4.78 is 14.7. The number of aryl methyl sites for hydroxylation is 2. The molecule has 1 heterocycles. The van der Waals surface area contributed by atoms with Gasteiger partial charge in [0.15, 0.2) is 0 Å². The van der Waals surface area contributed by atoms with Gasteiger partial charge in [-0.05, 0) is 56.3 Å². The number of hydrogen-bond donors (Lipinski definition) is 1. The first-order chi connectivity index (χ1) is 9.08. The summed E-state index contributed by atoms with van der Waals surface area (Å²) in [4.78, 5) is 4.20. The number of hydrogen-bond acceptors (Lipinski definition) is 2. The summed E-state index contributed by atoms with van der Waals surface area (Å²) >= 11 is 0. The predicted molar refractivity (Wildman–Crippen MR) is 76.9 cm³/mol. The van der Waals surface area contributed by atoms with Crippen molar-refractivity contribution in [2.45, 2.75) is 13.8 Å². The fourth-order valence-electron chi connectivity index (χ4n) is 1.88. The van der Waals surface area contributed by atoms with Gasteiger partial charge in [-0.25, -0.2) is 4.39 Å². The Balaban J connectivity index is 2.16. The topological polar surface area (TPSA) is 43.3 Å². The first-order valence-electron chi connectivity index (χ1n) is 5.98. The first kappa shape index (κ1) is 13.1. The second-order valence-electron chi connectivity index (χ2n) is 4.30. The molecule has 1 aromatic carbocycles. The molecule has 0 bridgehead atoms. The Morgan fingerprint density at radius 3 is 2.26 bits per heavy atom. The number of allylic oxidation sites excluding steroid dienone is 1. The number of nitrogens with two attached hydrogens (primary N) is 1. The van der Waals surface area contributed by atoms with Gasteiger partial charge in [-0.3, -0.25) is 4.99 Å². The van der Waals surface area contributed by atoms with E-state index in [1.165, 1.54) is 12.1 Å². The van der Waals surface area contributed by atoms with E-state index in [1.807, 2.05) is 30.5 Å². The van der Waals surface area contributed by atoms with Crippen LogP contribution in [0, 0.1) is 19.7 Å². The second-order valence-corrected chi connectivity index (χ2v) is 4.30. The van der Waals surface area contributed by atoms with Crippen LogP contribution in [0.25, 0.3) is 5.82 Å². The van der Waals surface area contributed by atoms with Crippen LogP contribution < -0.4 is 5.73 Å². The van der Waals surface area contributed by atoms with Crippen LogP contribution in [0.2, 0.25) is 0 Å². The fraction of sp³-hybridized carbons (Fsp3) is 0.133. The Kier molecular flexibility index (Phi) is 3.80. The van der Waals surface area contributed by atoms with Gasteiger partial charge in [0, 0.05) is 17.6 Å². The van der Waals surface area contributed by atoms with Gasteiger partial charge >= 0.3 is 0 Å². The Hall–Kier alpha value is -2.36. The molecule has 1 aromatic heterocycles. The van der Waals surface area contributed by atoms with E-state index in [1.54, 1.807) is 24.4 Å². The average Bonchev–Trinajstić information content (AvgIpc) is 2.71. The highest BCUT2D eigenvalue weighted by atomic mass is 19.1. The van der Waals surface area contributed by atoms with Gasteiger partial charge in [-0.1, -0.05) is 0 Å². The molecule has 0 saturated carbocycles. The van der Waals surface area contributed by atoms with E-state index >= 15 is 0 Å². The van der Waals surface area contributed by atoms with Crippen molar-refractivity contribution in [3.8, 4) is 0 Å². The SMILES string of the molecule is Cc1ccc(C)n1C(N)=CC=Nc1ccc(F)cc1. The number of aromatic nitrogens is 1. The largest absolute Gasteiger partial charge is 0.385 e. The van der Waals surface area contributed by atoms with Crippen molar-refractivity contribution in [3.05, 3.63) is 59.7 Å². The molecule has 3 nitrogen and oxygen atoms in total. The average molecular weight is 257 g/mol. The Morgan fingerprint density at radius 2 is 1.68 bits per heavy atom. The number of benzene rings is 1. The molecular formula is C15H16FN3. The predicted octanol–water partition coefficient (Wildman–Crippen LogP) is 3.40. The fourth-order valence-corrected chi connectivity index (χ4v) is 1.88. The number of nitrogens with zero attached hydrogens (tertiary/aromatic N) is 2. The second kappa shape index (κ2) is 5.52. The summed E-state index contributed by atoms with van der Waals surface area (Å²) in [6, 6.07) is 9.99. The molecule has 0 saturated heterocycles. The highest BCUT2D eigenvalue weighted by Gasteiger charge is 2.01. The van der Waals surface area contributed by atoms with E-state index in [0.29, 0.717) is 11.5 Å². The molecule has 0 spiro atoms. The molecular weight excluding hydrogens is 241 g/mol.